The molecule has 6 aromatic rings. The van der Waals surface area contributed by atoms with Crippen LogP contribution in [0.1, 0.15) is 31.4 Å². The number of ether oxygens (including phenoxy) is 1. The molecule has 14 heteroatoms. The molecule has 7 heterocycles. The lowest BCUT2D eigenvalue weighted by Gasteiger charge is -2.34. The summed E-state index contributed by atoms with van der Waals surface area (Å²) < 4.78 is 38.9. The molecule has 4 aliphatic heterocycles. The number of rotatable bonds is 6. The molecule has 3 aromatic carbocycles. The molecule has 4 atom stereocenters. The molecule has 0 aliphatic carbocycles. The number of carbonyl (C=O) groups is 1. The second-order valence-electron chi connectivity index (χ2n) is 15.8. The number of likely N-dealkylation sites (tertiary alicyclic amines) is 2. The third-order valence-corrected chi connectivity index (χ3v) is 12.4. The number of piperazine rings is 1. The summed E-state index contributed by atoms with van der Waals surface area (Å²) in [5.41, 5.74) is 4.66. The minimum atomic E-state index is -0.757. The number of nitrogens with zero attached hydrogens (tertiary/aromatic N) is 10. The van der Waals surface area contributed by atoms with Crippen LogP contribution in [0.4, 0.5) is 14.6 Å². The van der Waals surface area contributed by atoms with Crippen LogP contribution >= 0.6 is 0 Å². The van der Waals surface area contributed by atoms with Crippen molar-refractivity contribution in [3.05, 3.63) is 90.5 Å². The number of anilines is 1. The van der Waals surface area contributed by atoms with Crippen molar-refractivity contribution in [3.8, 4) is 22.6 Å². The van der Waals surface area contributed by atoms with Crippen LogP contribution in [-0.4, -0.2) is 121 Å². The van der Waals surface area contributed by atoms with E-state index in [2.05, 4.69) is 62.2 Å². The van der Waals surface area contributed by atoms with Crippen molar-refractivity contribution in [3.63, 3.8) is 0 Å². The maximum Gasteiger partial charge on any atom is 0.245 e. The Morgan fingerprint density at radius 2 is 1.82 bits per heavy atom. The third-order valence-electron chi connectivity index (χ3n) is 12.4. The lowest BCUT2D eigenvalue weighted by molar-refractivity contribution is -0.132. The zero-order valence-corrected chi connectivity index (χ0v) is 31.6. The summed E-state index contributed by atoms with van der Waals surface area (Å²) in [7, 11) is 4.22. The lowest BCUT2D eigenvalue weighted by Crippen LogP contribution is -2.48. The van der Waals surface area contributed by atoms with E-state index in [0.29, 0.717) is 60.7 Å². The maximum absolute atomic E-state index is 15.1. The molecule has 1 amide bonds. The first-order chi connectivity index (χ1) is 27.3. The topological polar surface area (TPSA) is 101 Å². The van der Waals surface area contributed by atoms with Crippen LogP contribution in [0.15, 0.2) is 73.2 Å². The van der Waals surface area contributed by atoms with E-state index in [1.807, 2.05) is 28.8 Å². The molecular weight excluding hydrogens is 715 g/mol. The number of likely N-dealkylation sites (N-methyl/N-ethyl adjacent to an activating group) is 1. The Balaban J connectivity index is 1.02. The zero-order valence-electron chi connectivity index (χ0n) is 31.6. The highest BCUT2D eigenvalue weighted by Crippen LogP contribution is 2.37. The molecule has 3 saturated heterocycles. The summed E-state index contributed by atoms with van der Waals surface area (Å²) in [4.78, 5) is 33.4. The van der Waals surface area contributed by atoms with Gasteiger partial charge in [-0.05, 0) is 74.2 Å². The number of halogens is 2. The highest BCUT2D eigenvalue weighted by atomic mass is 19.1. The number of amides is 1. The summed E-state index contributed by atoms with van der Waals surface area (Å²) in [6.07, 6.45) is 6.75. The first-order valence-corrected chi connectivity index (χ1v) is 19.6. The van der Waals surface area contributed by atoms with E-state index < -0.39 is 17.7 Å². The molecule has 4 aliphatic rings. The average molecular weight is 759 g/mol. The van der Waals surface area contributed by atoms with Crippen LogP contribution in [0, 0.1) is 11.6 Å². The van der Waals surface area contributed by atoms with Crippen LogP contribution in [0.5, 0.6) is 5.75 Å². The molecule has 3 aromatic heterocycles. The van der Waals surface area contributed by atoms with Gasteiger partial charge >= 0.3 is 0 Å². The summed E-state index contributed by atoms with van der Waals surface area (Å²) >= 11 is 0. The first-order valence-electron chi connectivity index (χ1n) is 19.6. The van der Waals surface area contributed by atoms with Gasteiger partial charge in [0.25, 0.3) is 0 Å². The second-order valence-corrected chi connectivity index (χ2v) is 15.8. The van der Waals surface area contributed by atoms with Gasteiger partial charge in [-0.25, -0.2) is 23.4 Å². The van der Waals surface area contributed by atoms with Crippen LogP contribution in [-0.2, 0) is 18.3 Å². The van der Waals surface area contributed by atoms with E-state index in [-0.39, 0.29) is 17.7 Å². The molecule has 3 fully saturated rings. The molecule has 288 valence electrons. The van der Waals surface area contributed by atoms with Crippen molar-refractivity contribution in [2.24, 2.45) is 7.05 Å². The fourth-order valence-corrected chi connectivity index (χ4v) is 9.68. The largest absolute Gasteiger partial charge is 0.488 e. The summed E-state index contributed by atoms with van der Waals surface area (Å²) in [6, 6.07) is 18.4. The summed E-state index contributed by atoms with van der Waals surface area (Å²) in [5, 5.41) is 11.0. The lowest BCUT2D eigenvalue weighted by atomic mass is 9.98. The molecule has 0 radical (unpaired) electrons. The number of hydrogen-bond donors (Lipinski definition) is 0. The Labute approximate surface area is 323 Å². The van der Waals surface area contributed by atoms with Gasteiger partial charge < -0.3 is 19.4 Å². The minimum absolute atomic E-state index is 0.0293. The van der Waals surface area contributed by atoms with Crippen LogP contribution in [0.2, 0.25) is 0 Å². The molecule has 10 rings (SSSR count). The molecule has 56 heavy (non-hydrogen) atoms. The van der Waals surface area contributed by atoms with E-state index >= 15 is 4.79 Å². The number of aromatic nitrogens is 6. The standard InChI is InChI=1S/C42H44F2N10O2/c1-49-22-29-19-28(49)23-52(29)16-6-15-51-14-5-11-37-39-32(9-4-10-35(39)48-50(37)2)26-7-3-8-30(17-26)56-31-20-38(42(51)55)53(24-31)40-33-21-47-54(41(33)46-25-45-40)36-13-12-27(43)18-34(36)44/h3-4,7-10,12-13,17-18,21,25,28-29,31,38H,5-6,11,14-16,19-20,22-24H2,1-2H3/t28?,29?,31-,38-/m0/s1. The predicted molar refractivity (Wildman–Crippen MR) is 209 cm³/mol. The van der Waals surface area contributed by atoms with Crippen LogP contribution < -0.4 is 9.64 Å². The number of fused-ring (bicyclic) bond motifs is 8. The smallest absolute Gasteiger partial charge is 0.245 e. The van der Waals surface area contributed by atoms with Crippen molar-refractivity contribution >= 4 is 33.7 Å². The Morgan fingerprint density at radius 1 is 0.929 bits per heavy atom. The Hall–Kier alpha value is -5.47. The first kappa shape index (κ1) is 35.0. The van der Waals surface area contributed by atoms with Crippen molar-refractivity contribution in [2.75, 3.05) is 51.2 Å². The molecular formula is C42H44F2N10O2. The molecule has 6 bridgehead atoms. The van der Waals surface area contributed by atoms with Crippen molar-refractivity contribution < 1.29 is 18.3 Å². The van der Waals surface area contributed by atoms with Gasteiger partial charge in [-0.15, -0.1) is 0 Å². The van der Waals surface area contributed by atoms with Gasteiger partial charge in [0.2, 0.25) is 5.91 Å². The maximum atomic E-state index is 15.1. The Morgan fingerprint density at radius 3 is 2.66 bits per heavy atom. The SMILES string of the molecule is CN1CC2CC1CN2CCCN1CCCc2c3c(cccc3nn2C)-c2cccc(c2)O[C@H]2C[C@@H](C1=O)N(c1ncnc3c1cnn3-c1ccc(F)cc1F)C2. The van der Waals surface area contributed by atoms with Crippen molar-refractivity contribution in [2.45, 2.75) is 56.3 Å². The average Bonchev–Trinajstić information content (AvgIpc) is 4.02. The molecule has 0 N–H and O–H groups in total. The van der Waals surface area contributed by atoms with E-state index in [0.717, 1.165) is 72.7 Å². The molecule has 2 unspecified atom stereocenters. The van der Waals surface area contributed by atoms with Gasteiger partial charge in [0.05, 0.1) is 23.6 Å². The van der Waals surface area contributed by atoms with Gasteiger partial charge in [0, 0.05) is 75.4 Å². The highest BCUT2D eigenvalue weighted by Gasteiger charge is 2.43. The normalized spacial score (nSPS) is 23.0. The third kappa shape index (κ3) is 6.06. The van der Waals surface area contributed by atoms with Crippen LogP contribution in [0.25, 0.3) is 38.8 Å². The van der Waals surface area contributed by atoms with Crippen molar-refractivity contribution in [1.29, 1.82) is 0 Å². The minimum Gasteiger partial charge on any atom is -0.488 e. The predicted octanol–water partition coefficient (Wildman–Crippen LogP) is 5.23. The fourth-order valence-electron chi connectivity index (χ4n) is 9.68. The van der Waals surface area contributed by atoms with Gasteiger partial charge in [-0.2, -0.15) is 10.2 Å². The monoisotopic (exact) mass is 758 g/mol. The number of hydrogen-bond acceptors (Lipinski definition) is 9. The van der Waals surface area contributed by atoms with Gasteiger partial charge in [0.15, 0.2) is 11.5 Å². The number of carbonyl (C=O) groups excluding carboxylic acids is 1. The Bertz CT molecular complexity index is 2470. The van der Waals surface area contributed by atoms with Gasteiger partial charge in [-0.1, -0.05) is 24.3 Å². The summed E-state index contributed by atoms with van der Waals surface area (Å²) in [6.45, 7) is 4.76. The van der Waals surface area contributed by atoms with E-state index in [1.165, 1.54) is 29.6 Å². The number of benzene rings is 3. The van der Waals surface area contributed by atoms with E-state index in [9.17, 15) is 8.78 Å². The highest BCUT2D eigenvalue weighted by molar-refractivity contribution is 5.97. The van der Waals surface area contributed by atoms with E-state index in [4.69, 9.17) is 14.8 Å². The van der Waals surface area contributed by atoms with Gasteiger partial charge in [-0.3, -0.25) is 14.4 Å². The Kier molecular flexibility index (Phi) is 8.70. The summed E-state index contributed by atoms with van der Waals surface area (Å²) in [5.74, 6) is -0.172. The molecule has 0 saturated carbocycles. The van der Waals surface area contributed by atoms with Gasteiger partial charge in [0.1, 0.15) is 41.5 Å². The zero-order chi connectivity index (χ0) is 38.1. The van der Waals surface area contributed by atoms with Crippen molar-refractivity contribution in [1.82, 2.24) is 44.2 Å². The second kappa shape index (κ2) is 13.9. The van der Waals surface area contributed by atoms with E-state index in [1.54, 1.807) is 6.20 Å². The fraction of sp³-hybridized carbons (Fsp3) is 0.405. The molecule has 0 spiro atoms. The number of aryl methyl sites for hydroxylation is 2. The van der Waals surface area contributed by atoms with Crippen LogP contribution in [0.3, 0.4) is 0 Å². The molecule has 12 nitrogen and oxygen atoms in total. The quantitative estimate of drug-likeness (QED) is 0.226.